The molecule has 1 aromatic carbocycles. The van der Waals surface area contributed by atoms with Gasteiger partial charge in [-0.15, -0.1) is 0 Å². The Bertz CT molecular complexity index is 445. The second-order valence-electron chi connectivity index (χ2n) is 3.51. The second-order valence-corrected chi connectivity index (χ2v) is 3.51. The third-order valence-electron chi connectivity index (χ3n) is 2.31. The molecule has 0 aliphatic rings. The van der Waals surface area contributed by atoms with Gasteiger partial charge in [-0.05, 0) is 11.6 Å². The lowest BCUT2D eigenvalue weighted by Crippen LogP contribution is -2.20. The molecule has 1 atom stereocenters. The lowest BCUT2D eigenvalue weighted by molar-refractivity contribution is -0.137. The molecule has 5 N–H and O–H groups in total. The van der Waals surface area contributed by atoms with E-state index in [1.807, 2.05) is 0 Å². The Labute approximate surface area is 98.2 Å². The Balaban J connectivity index is 3.18. The molecule has 0 saturated heterocycles. The van der Waals surface area contributed by atoms with E-state index in [0.717, 1.165) is 0 Å². The molecule has 0 spiro atoms. The highest BCUT2D eigenvalue weighted by Crippen LogP contribution is 2.24. The van der Waals surface area contributed by atoms with Gasteiger partial charge in [-0.1, -0.05) is 12.1 Å². The van der Waals surface area contributed by atoms with Gasteiger partial charge >= 0.3 is 11.9 Å². The number of carboxylic acids is 1. The predicted octanol–water partition coefficient (Wildman–Crippen LogP) is 0.530. The van der Waals surface area contributed by atoms with E-state index in [0.29, 0.717) is 5.56 Å². The number of aliphatic carboxylic acids is 1. The number of carboxylic acid groups (broad SMARTS) is 1. The molecular weight excluding hydrogens is 224 g/mol. The zero-order valence-corrected chi connectivity index (χ0v) is 9.34. The van der Waals surface area contributed by atoms with E-state index >= 15 is 0 Å². The molecule has 0 bridgehead atoms. The van der Waals surface area contributed by atoms with Crippen molar-refractivity contribution in [2.45, 2.75) is 12.5 Å². The van der Waals surface area contributed by atoms with Crippen LogP contribution in [0.4, 0.5) is 5.69 Å². The maximum Gasteiger partial charge on any atom is 0.340 e. The molecule has 0 aliphatic heterocycles. The monoisotopic (exact) mass is 238 g/mol. The maximum absolute atomic E-state index is 11.5. The van der Waals surface area contributed by atoms with Gasteiger partial charge in [0, 0.05) is 11.7 Å². The first-order valence-electron chi connectivity index (χ1n) is 4.91. The van der Waals surface area contributed by atoms with Crippen LogP contribution in [-0.4, -0.2) is 24.2 Å². The summed E-state index contributed by atoms with van der Waals surface area (Å²) in [7, 11) is 1.22. The molecule has 0 amide bonds. The van der Waals surface area contributed by atoms with Gasteiger partial charge in [-0.3, -0.25) is 4.79 Å². The van der Waals surface area contributed by atoms with E-state index in [4.69, 9.17) is 16.6 Å². The minimum absolute atomic E-state index is 0.128. The van der Waals surface area contributed by atoms with Crippen molar-refractivity contribution in [3.8, 4) is 0 Å². The molecule has 0 saturated carbocycles. The van der Waals surface area contributed by atoms with Crippen LogP contribution in [0.25, 0.3) is 0 Å². The first-order chi connectivity index (χ1) is 7.97. The normalized spacial score (nSPS) is 11.9. The summed E-state index contributed by atoms with van der Waals surface area (Å²) in [4.78, 5) is 22.1. The number of hydrogen-bond donors (Lipinski definition) is 3. The van der Waals surface area contributed by atoms with Crippen LogP contribution in [-0.2, 0) is 9.53 Å². The summed E-state index contributed by atoms with van der Waals surface area (Å²) in [5.74, 6) is -1.67. The molecular formula is C11H14N2O4. The van der Waals surface area contributed by atoms with E-state index in [9.17, 15) is 9.59 Å². The lowest BCUT2D eigenvalue weighted by atomic mass is 9.97. The van der Waals surface area contributed by atoms with Crippen molar-refractivity contribution in [3.05, 3.63) is 29.3 Å². The van der Waals surface area contributed by atoms with Gasteiger partial charge in [-0.2, -0.15) is 0 Å². The van der Waals surface area contributed by atoms with E-state index in [2.05, 4.69) is 4.74 Å². The minimum Gasteiger partial charge on any atom is -0.481 e. The SMILES string of the molecule is COC(=O)c1c(N)cccc1C(N)CC(=O)O. The Kier molecular flexibility index (Phi) is 4.06. The zero-order chi connectivity index (χ0) is 13.0. The van der Waals surface area contributed by atoms with Crippen molar-refractivity contribution in [3.63, 3.8) is 0 Å². The molecule has 0 fully saturated rings. The van der Waals surface area contributed by atoms with E-state index in [1.54, 1.807) is 12.1 Å². The number of ether oxygens (including phenoxy) is 1. The molecule has 17 heavy (non-hydrogen) atoms. The van der Waals surface area contributed by atoms with Gasteiger partial charge in [0.1, 0.15) is 0 Å². The van der Waals surface area contributed by atoms with Crippen molar-refractivity contribution in [2.75, 3.05) is 12.8 Å². The molecule has 0 radical (unpaired) electrons. The van der Waals surface area contributed by atoms with E-state index < -0.39 is 18.0 Å². The third-order valence-corrected chi connectivity index (χ3v) is 2.31. The summed E-state index contributed by atoms with van der Waals surface area (Å²) < 4.78 is 4.59. The topological polar surface area (TPSA) is 116 Å². The summed E-state index contributed by atoms with van der Waals surface area (Å²) in [5.41, 5.74) is 12.1. The number of benzene rings is 1. The van der Waals surface area contributed by atoms with Crippen LogP contribution in [0.3, 0.4) is 0 Å². The highest BCUT2D eigenvalue weighted by molar-refractivity contribution is 5.97. The number of rotatable bonds is 4. The fourth-order valence-corrected chi connectivity index (χ4v) is 1.53. The fraction of sp³-hybridized carbons (Fsp3) is 0.273. The average Bonchev–Trinajstić information content (AvgIpc) is 2.26. The molecule has 92 valence electrons. The Morgan fingerprint density at radius 1 is 1.47 bits per heavy atom. The van der Waals surface area contributed by atoms with Crippen LogP contribution in [0.15, 0.2) is 18.2 Å². The van der Waals surface area contributed by atoms with Crippen LogP contribution < -0.4 is 11.5 Å². The Morgan fingerprint density at radius 2 is 2.12 bits per heavy atom. The van der Waals surface area contributed by atoms with E-state index in [-0.39, 0.29) is 17.7 Å². The Hall–Kier alpha value is -2.08. The first-order valence-corrected chi connectivity index (χ1v) is 4.91. The first kappa shape index (κ1) is 13.0. The van der Waals surface area contributed by atoms with E-state index in [1.165, 1.54) is 13.2 Å². The summed E-state index contributed by atoms with van der Waals surface area (Å²) in [6.45, 7) is 0. The van der Waals surface area contributed by atoms with Gasteiger partial charge in [0.2, 0.25) is 0 Å². The third kappa shape index (κ3) is 2.94. The number of nitrogen functional groups attached to an aromatic ring is 1. The lowest BCUT2D eigenvalue weighted by Gasteiger charge is -2.15. The van der Waals surface area contributed by atoms with Crippen LogP contribution in [0.5, 0.6) is 0 Å². The minimum atomic E-state index is -1.05. The molecule has 1 rings (SSSR count). The molecule has 1 unspecified atom stereocenters. The van der Waals surface area contributed by atoms with Gasteiger partial charge in [-0.25, -0.2) is 4.79 Å². The maximum atomic E-state index is 11.5. The number of methoxy groups -OCH3 is 1. The molecule has 0 aromatic heterocycles. The van der Waals surface area contributed by atoms with Gasteiger partial charge < -0.3 is 21.3 Å². The summed E-state index contributed by atoms with van der Waals surface area (Å²) in [5, 5.41) is 8.67. The summed E-state index contributed by atoms with van der Waals surface area (Å²) in [6.07, 6.45) is -0.284. The smallest absolute Gasteiger partial charge is 0.340 e. The number of carbonyl (C=O) groups is 2. The molecule has 6 heteroatoms. The number of carbonyl (C=O) groups excluding carboxylic acids is 1. The van der Waals surface area contributed by atoms with Crippen molar-refractivity contribution in [2.24, 2.45) is 5.73 Å². The van der Waals surface area contributed by atoms with Crippen LogP contribution in [0.1, 0.15) is 28.4 Å². The van der Waals surface area contributed by atoms with Crippen molar-refractivity contribution in [1.29, 1.82) is 0 Å². The summed E-state index contributed by atoms with van der Waals surface area (Å²) in [6, 6.07) is 3.91. The van der Waals surface area contributed by atoms with Crippen molar-refractivity contribution < 1.29 is 19.4 Å². The van der Waals surface area contributed by atoms with Crippen LogP contribution in [0.2, 0.25) is 0 Å². The van der Waals surface area contributed by atoms with Crippen LogP contribution >= 0.6 is 0 Å². The molecule has 0 heterocycles. The summed E-state index contributed by atoms with van der Waals surface area (Å²) >= 11 is 0. The van der Waals surface area contributed by atoms with Crippen LogP contribution in [0, 0.1) is 0 Å². The Morgan fingerprint density at radius 3 is 2.65 bits per heavy atom. The predicted molar refractivity (Wildman–Crippen MR) is 61.4 cm³/mol. The standard InChI is InChI=1S/C11H14N2O4/c1-17-11(16)10-6(3-2-4-7(10)12)8(13)5-9(14)15/h2-4,8H,5,12-13H2,1H3,(H,14,15). The second kappa shape index (κ2) is 5.31. The molecule has 1 aromatic rings. The highest BCUT2D eigenvalue weighted by Gasteiger charge is 2.21. The largest absolute Gasteiger partial charge is 0.481 e. The van der Waals surface area contributed by atoms with Crippen molar-refractivity contribution >= 4 is 17.6 Å². The van der Waals surface area contributed by atoms with Gasteiger partial charge in [0.05, 0.1) is 19.1 Å². The van der Waals surface area contributed by atoms with Gasteiger partial charge in [0.25, 0.3) is 0 Å². The average molecular weight is 238 g/mol. The fourth-order valence-electron chi connectivity index (χ4n) is 1.53. The van der Waals surface area contributed by atoms with Crippen molar-refractivity contribution in [1.82, 2.24) is 0 Å². The zero-order valence-electron chi connectivity index (χ0n) is 9.34. The molecule has 6 nitrogen and oxygen atoms in total. The quantitative estimate of drug-likeness (QED) is 0.520. The highest BCUT2D eigenvalue weighted by atomic mass is 16.5. The number of anilines is 1. The number of esters is 1. The molecule has 0 aliphatic carbocycles. The number of hydrogen-bond acceptors (Lipinski definition) is 5. The number of nitrogens with two attached hydrogens (primary N) is 2. The van der Waals surface area contributed by atoms with Gasteiger partial charge in [0.15, 0.2) is 0 Å².